The first-order chi connectivity index (χ1) is 13.8. The van der Waals surface area contributed by atoms with Crippen molar-refractivity contribution in [2.75, 3.05) is 20.3 Å². The van der Waals surface area contributed by atoms with Gasteiger partial charge in [-0.15, -0.1) is 16.4 Å². The van der Waals surface area contributed by atoms with Crippen LogP contribution in [0.3, 0.4) is 0 Å². The van der Waals surface area contributed by atoms with Crippen molar-refractivity contribution in [3.8, 4) is 0 Å². The SMILES string of the molecule is COCC1c2nnn(CC3CC3)c2CCN1Cc1cccs1.O=C(O)C(F)(F)F. The Bertz CT molecular complexity index is 806. The van der Waals surface area contributed by atoms with Gasteiger partial charge in [-0.25, -0.2) is 9.48 Å². The Morgan fingerprint density at radius 3 is 2.69 bits per heavy atom. The normalized spacial score (nSPS) is 19.4. The number of aromatic nitrogens is 3. The smallest absolute Gasteiger partial charge is 0.475 e. The number of fused-ring (bicyclic) bond motifs is 1. The maximum absolute atomic E-state index is 10.6. The van der Waals surface area contributed by atoms with Gasteiger partial charge >= 0.3 is 12.1 Å². The zero-order valence-electron chi connectivity index (χ0n) is 15.9. The summed E-state index contributed by atoms with van der Waals surface area (Å²) in [7, 11) is 1.77. The highest BCUT2D eigenvalue weighted by Crippen LogP contribution is 2.34. The molecule has 160 valence electrons. The topological polar surface area (TPSA) is 80.5 Å². The number of aliphatic carboxylic acids is 1. The van der Waals surface area contributed by atoms with E-state index < -0.39 is 12.1 Å². The van der Waals surface area contributed by atoms with E-state index in [1.807, 2.05) is 11.3 Å². The van der Waals surface area contributed by atoms with E-state index >= 15 is 0 Å². The molecule has 0 saturated heterocycles. The van der Waals surface area contributed by atoms with Gasteiger partial charge in [0.25, 0.3) is 0 Å². The van der Waals surface area contributed by atoms with Gasteiger partial charge in [-0.1, -0.05) is 11.3 Å². The second-order valence-electron chi connectivity index (χ2n) is 7.12. The molecule has 1 saturated carbocycles. The van der Waals surface area contributed by atoms with E-state index in [4.69, 9.17) is 14.6 Å². The molecule has 1 atom stereocenters. The van der Waals surface area contributed by atoms with Crippen molar-refractivity contribution in [3.63, 3.8) is 0 Å². The summed E-state index contributed by atoms with van der Waals surface area (Å²) >= 11 is 1.82. The molecule has 1 N–H and O–H groups in total. The fourth-order valence-electron chi connectivity index (χ4n) is 3.27. The van der Waals surface area contributed by atoms with Crippen molar-refractivity contribution in [2.45, 2.75) is 44.6 Å². The van der Waals surface area contributed by atoms with Crippen LogP contribution in [0.2, 0.25) is 0 Å². The zero-order chi connectivity index (χ0) is 21.0. The van der Waals surface area contributed by atoms with Crippen LogP contribution in [0.5, 0.6) is 0 Å². The summed E-state index contributed by atoms with van der Waals surface area (Å²) in [6.07, 6.45) is -1.35. The second kappa shape index (κ2) is 9.23. The fraction of sp³-hybridized carbons (Fsp3) is 0.611. The van der Waals surface area contributed by atoms with Crippen LogP contribution in [0, 0.1) is 5.92 Å². The molecule has 2 aromatic rings. The third-order valence-corrected chi connectivity index (χ3v) is 5.76. The number of methoxy groups -OCH3 is 1. The fourth-order valence-corrected chi connectivity index (χ4v) is 4.00. The van der Waals surface area contributed by atoms with Gasteiger partial charge in [0, 0.05) is 38.0 Å². The molecule has 2 aliphatic rings. The number of alkyl halides is 3. The van der Waals surface area contributed by atoms with E-state index in [9.17, 15) is 13.2 Å². The van der Waals surface area contributed by atoms with Gasteiger partial charge in [-0.3, -0.25) is 4.90 Å². The van der Waals surface area contributed by atoms with Crippen LogP contribution in [-0.2, 0) is 29.0 Å². The van der Waals surface area contributed by atoms with E-state index in [1.165, 1.54) is 23.4 Å². The molecule has 0 radical (unpaired) electrons. The van der Waals surface area contributed by atoms with Crippen LogP contribution >= 0.6 is 11.3 Å². The highest BCUT2D eigenvalue weighted by atomic mass is 32.1. The minimum Gasteiger partial charge on any atom is -0.475 e. The monoisotopic (exact) mass is 432 g/mol. The Balaban J connectivity index is 0.000000298. The second-order valence-corrected chi connectivity index (χ2v) is 8.15. The van der Waals surface area contributed by atoms with Gasteiger partial charge in [0.1, 0.15) is 5.69 Å². The Hall–Kier alpha value is -1.98. The molecule has 1 unspecified atom stereocenters. The molecule has 1 aliphatic heterocycles. The maximum atomic E-state index is 10.6. The highest BCUT2D eigenvalue weighted by Gasteiger charge is 2.38. The lowest BCUT2D eigenvalue weighted by Crippen LogP contribution is -2.37. The number of rotatable bonds is 6. The average molecular weight is 432 g/mol. The molecular formula is C18H23F3N4O3S. The Morgan fingerprint density at radius 2 is 2.14 bits per heavy atom. The molecule has 0 bridgehead atoms. The summed E-state index contributed by atoms with van der Waals surface area (Å²) < 4.78 is 39.4. The largest absolute Gasteiger partial charge is 0.490 e. The summed E-state index contributed by atoms with van der Waals surface area (Å²) in [6, 6.07) is 4.55. The Kier molecular flexibility index (Phi) is 6.91. The summed E-state index contributed by atoms with van der Waals surface area (Å²) in [4.78, 5) is 12.8. The number of thiophene rings is 1. The zero-order valence-corrected chi connectivity index (χ0v) is 16.7. The predicted molar refractivity (Wildman–Crippen MR) is 99.5 cm³/mol. The van der Waals surface area contributed by atoms with Crippen LogP contribution in [0.25, 0.3) is 0 Å². The third-order valence-electron chi connectivity index (χ3n) is 4.89. The lowest BCUT2D eigenvalue weighted by atomic mass is 10.0. The summed E-state index contributed by atoms with van der Waals surface area (Å²) in [5, 5.41) is 18.2. The number of hydrogen-bond donors (Lipinski definition) is 1. The maximum Gasteiger partial charge on any atom is 0.490 e. The Morgan fingerprint density at radius 1 is 1.41 bits per heavy atom. The van der Waals surface area contributed by atoms with Gasteiger partial charge in [0.15, 0.2) is 0 Å². The first-order valence-electron chi connectivity index (χ1n) is 9.27. The van der Waals surface area contributed by atoms with Gasteiger partial charge in [0.05, 0.1) is 18.3 Å². The summed E-state index contributed by atoms with van der Waals surface area (Å²) in [5.74, 6) is -1.93. The van der Waals surface area contributed by atoms with Gasteiger partial charge in [-0.2, -0.15) is 13.2 Å². The van der Waals surface area contributed by atoms with Crippen LogP contribution in [0.15, 0.2) is 17.5 Å². The molecule has 0 aromatic carbocycles. The quantitative estimate of drug-likeness (QED) is 0.756. The number of carbonyl (C=O) groups is 1. The third kappa shape index (κ3) is 5.77. The minimum absolute atomic E-state index is 0.226. The number of ether oxygens (including phenoxy) is 1. The van der Waals surface area contributed by atoms with Crippen molar-refractivity contribution in [3.05, 3.63) is 33.8 Å². The molecule has 3 heterocycles. The molecule has 2 aromatic heterocycles. The number of carboxylic acid groups (broad SMARTS) is 1. The number of nitrogens with zero attached hydrogens (tertiary/aromatic N) is 4. The predicted octanol–water partition coefficient (Wildman–Crippen LogP) is 3.13. The van der Waals surface area contributed by atoms with Crippen molar-refractivity contribution < 1.29 is 27.8 Å². The standard InChI is InChI=1S/C16H22N4OS.C2HF3O2/c1-21-11-15-16-14(20(18-17-16)9-12-4-5-12)6-7-19(15)10-13-3-2-8-22-13;3-2(4,5)1(6)7/h2-3,8,12,15H,4-7,9-11H2,1H3;(H,6,7). The molecule has 4 rings (SSSR count). The van der Waals surface area contributed by atoms with E-state index in [0.29, 0.717) is 6.61 Å². The lowest BCUT2D eigenvalue weighted by Gasteiger charge is -2.34. The molecule has 0 amide bonds. The van der Waals surface area contributed by atoms with Crippen molar-refractivity contribution in [1.82, 2.24) is 19.9 Å². The van der Waals surface area contributed by atoms with E-state index in [-0.39, 0.29) is 6.04 Å². The molecule has 1 fully saturated rings. The average Bonchev–Trinajstić information content (AvgIpc) is 3.15. The number of carboxylic acids is 1. The van der Waals surface area contributed by atoms with E-state index in [2.05, 4.69) is 37.4 Å². The summed E-state index contributed by atoms with van der Waals surface area (Å²) in [5.41, 5.74) is 2.46. The molecule has 1 aliphatic carbocycles. The molecule has 7 nitrogen and oxygen atoms in total. The minimum atomic E-state index is -5.08. The van der Waals surface area contributed by atoms with Gasteiger partial charge in [-0.05, 0) is 30.2 Å². The molecule has 29 heavy (non-hydrogen) atoms. The van der Waals surface area contributed by atoms with Crippen LogP contribution in [0.4, 0.5) is 13.2 Å². The van der Waals surface area contributed by atoms with Crippen molar-refractivity contribution >= 4 is 17.3 Å². The van der Waals surface area contributed by atoms with Crippen LogP contribution in [0.1, 0.15) is 35.1 Å². The first-order valence-corrected chi connectivity index (χ1v) is 10.1. The number of halogens is 3. The van der Waals surface area contributed by atoms with Crippen molar-refractivity contribution in [1.29, 1.82) is 0 Å². The van der Waals surface area contributed by atoms with Gasteiger partial charge < -0.3 is 9.84 Å². The van der Waals surface area contributed by atoms with Crippen LogP contribution in [-0.4, -0.2) is 57.4 Å². The first kappa shape index (κ1) is 21.7. The highest BCUT2D eigenvalue weighted by molar-refractivity contribution is 7.09. The van der Waals surface area contributed by atoms with Crippen LogP contribution < -0.4 is 0 Å². The number of hydrogen-bond acceptors (Lipinski definition) is 6. The van der Waals surface area contributed by atoms with E-state index in [0.717, 1.165) is 37.7 Å². The molecule has 11 heteroatoms. The summed E-state index contributed by atoms with van der Waals surface area (Å²) in [6.45, 7) is 3.76. The molecular weight excluding hydrogens is 409 g/mol. The van der Waals surface area contributed by atoms with Gasteiger partial charge in [0.2, 0.25) is 0 Å². The Labute approximate surface area is 170 Å². The van der Waals surface area contributed by atoms with Crippen molar-refractivity contribution in [2.24, 2.45) is 5.92 Å². The molecule has 0 spiro atoms. The van der Waals surface area contributed by atoms with E-state index in [1.54, 1.807) is 7.11 Å². The lowest BCUT2D eigenvalue weighted by molar-refractivity contribution is -0.192.